The van der Waals surface area contributed by atoms with Gasteiger partial charge in [0, 0.05) is 16.0 Å². The molecule has 1 heterocycles. The monoisotopic (exact) mass is 425 g/mol. The molecule has 0 bridgehead atoms. The summed E-state index contributed by atoms with van der Waals surface area (Å²) in [5, 5.41) is 4.53. The molecule has 0 aliphatic rings. The SMILES string of the molecule is COC(=O)c1c(-c2ccc(Cl)cc2)csc1NC(=O)c1ccc(F)c(F)c1F. The second-order valence-corrected chi connectivity index (χ2v) is 6.85. The molecule has 0 aliphatic heterocycles. The molecule has 3 rings (SSSR count). The first kappa shape index (κ1) is 19.9. The fourth-order valence-corrected chi connectivity index (χ4v) is 3.55. The van der Waals surface area contributed by atoms with Gasteiger partial charge in [-0.3, -0.25) is 4.79 Å². The lowest BCUT2D eigenvalue weighted by Gasteiger charge is -2.09. The number of nitrogens with one attached hydrogen (secondary N) is 1. The highest BCUT2D eigenvalue weighted by Crippen LogP contribution is 2.37. The molecule has 1 aromatic heterocycles. The van der Waals surface area contributed by atoms with Crippen LogP contribution in [0.3, 0.4) is 0 Å². The number of hydrogen-bond donors (Lipinski definition) is 1. The summed E-state index contributed by atoms with van der Waals surface area (Å²) in [6.07, 6.45) is 0. The molecule has 0 atom stereocenters. The minimum Gasteiger partial charge on any atom is -0.465 e. The topological polar surface area (TPSA) is 55.4 Å². The van der Waals surface area contributed by atoms with Crippen LogP contribution in [0.4, 0.5) is 18.2 Å². The normalized spacial score (nSPS) is 10.6. The third-order valence-corrected chi connectivity index (χ3v) is 4.99. The minimum atomic E-state index is -1.76. The summed E-state index contributed by atoms with van der Waals surface area (Å²) >= 11 is 6.87. The van der Waals surface area contributed by atoms with Crippen LogP contribution in [0.1, 0.15) is 20.7 Å². The Labute approximate surface area is 166 Å². The van der Waals surface area contributed by atoms with Crippen molar-refractivity contribution in [2.75, 3.05) is 12.4 Å². The molecule has 1 amide bonds. The van der Waals surface area contributed by atoms with Gasteiger partial charge in [-0.1, -0.05) is 23.7 Å². The number of anilines is 1. The van der Waals surface area contributed by atoms with Crippen molar-refractivity contribution in [3.8, 4) is 11.1 Å². The number of esters is 1. The number of hydrogen-bond acceptors (Lipinski definition) is 4. The number of carbonyl (C=O) groups is 2. The first-order chi connectivity index (χ1) is 13.3. The van der Waals surface area contributed by atoms with Gasteiger partial charge in [-0.25, -0.2) is 18.0 Å². The molecule has 0 spiro atoms. The van der Waals surface area contributed by atoms with Crippen LogP contribution < -0.4 is 5.32 Å². The molecule has 28 heavy (non-hydrogen) atoms. The fraction of sp³-hybridized carbons (Fsp3) is 0.0526. The largest absolute Gasteiger partial charge is 0.465 e. The van der Waals surface area contributed by atoms with Crippen molar-refractivity contribution in [1.29, 1.82) is 0 Å². The molecule has 4 nitrogen and oxygen atoms in total. The van der Waals surface area contributed by atoms with Crippen LogP contribution in [-0.2, 0) is 4.74 Å². The maximum atomic E-state index is 13.9. The van der Waals surface area contributed by atoms with E-state index in [-0.39, 0.29) is 10.6 Å². The van der Waals surface area contributed by atoms with Crippen molar-refractivity contribution in [3.05, 3.63) is 75.4 Å². The smallest absolute Gasteiger partial charge is 0.341 e. The number of halogens is 4. The Kier molecular flexibility index (Phi) is 5.71. The van der Waals surface area contributed by atoms with Crippen LogP contribution in [0.15, 0.2) is 41.8 Å². The molecule has 0 radical (unpaired) electrons. The highest BCUT2D eigenvalue weighted by atomic mass is 35.5. The molecule has 0 unspecified atom stereocenters. The lowest BCUT2D eigenvalue weighted by molar-refractivity contribution is 0.0603. The van der Waals surface area contributed by atoms with Crippen LogP contribution in [0.5, 0.6) is 0 Å². The zero-order valence-corrected chi connectivity index (χ0v) is 15.8. The van der Waals surface area contributed by atoms with Crippen molar-refractivity contribution < 1.29 is 27.5 Å². The maximum Gasteiger partial charge on any atom is 0.341 e. The van der Waals surface area contributed by atoms with Gasteiger partial charge in [0.2, 0.25) is 0 Å². The fourth-order valence-electron chi connectivity index (χ4n) is 2.47. The molecule has 2 aromatic carbocycles. The van der Waals surface area contributed by atoms with Crippen molar-refractivity contribution in [2.24, 2.45) is 0 Å². The summed E-state index contributed by atoms with van der Waals surface area (Å²) in [5.74, 6) is -6.55. The average molecular weight is 426 g/mol. The highest BCUT2D eigenvalue weighted by molar-refractivity contribution is 7.15. The summed E-state index contributed by atoms with van der Waals surface area (Å²) < 4.78 is 45.1. The summed E-state index contributed by atoms with van der Waals surface area (Å²) in [5.41, 5.74) is 0.456. The predicted octanol–water partition coefficient (Wildman–Crippen LogP) is 5.52. The van der Waals surface area contributed by atoms with Crippen molar-refractivity contribution in [1.82, 2.24) is 0 Å². The van der Waals surface area contributed by atoms with E-state index in [0.29, 0.717) is 22.2 Å². The second kappa shape index (κ2) is 8.04. The molecule has 0 aliphatic carbocycles. The van der Waals surface area contributed by atoms with Crippen LogP contribution in [0.2, 0.25) is 5.02 Å². The molecule has 0 fully saturated rings. The second-order valence-electron chi connectivity index (χ2n) is 5.53. The first-order valence-corrected chi connectivity index (χ1v) is 8.99. The van der Waals surface area contributed by atoms with E-state index in [1.807, 2.05) is 0 Å². The van der Waals surface area contributed by atoms with Gasteiger partial charge < -0.3 is 10.1 Å². The van der Waals surface area contributed by atoms with Crippen LogP contribution in [0.25, 0.3) is 11.1 Å². The zero-order chi connectivity index (χ0) is 20.4. The van der Waals surface area contributed by atoms with Crippen molar-refractivity contribution in [3.63, 3.8) is 0 Å². The van der Waals surface area contributed by atoms with Gasteiger partial charge in [0.05, 0.1) is 12.7 Å². The highest BCUT2D eigenvalue weighted by Gasteiger charge is 2.25. The van der Waals surface area contributed by atoms with E-state index in [9.17, 15) is 22.8 Å². The van der Waals surface area contributed by atoms with Gasteiger partial charge in [0.25, 0.3) is 5.91 Å². The zero-order valence-electron chi connectivity index (χ0n) is 14.2. The van der Waals surface area contributed by atoms with Crippen LogP contribution in [0, 0.1) is 17.5 Å². The Hall–Kier alpha value is -2.84. The van der Waals surface area contributed by atoms with Crippen LogP contribution >= 0.6 is 22.9 Å². The Morgan fingerprint density at radius 2 is 1.71 bits per heavy atom. The molecule has 9 heteroatoms. The minimum absolute atomic E-state index is 0.0474. The van der Waals surface area contributed by atoms with E-state index in [1.54, 1.807) is 29.6 Å². The Morgan fingerprint density at radius 1 is 1.04 bits per heavy atom. The summed E-state index contributed by atoms with van der Waals surface area (Å²) in [4.78, 5) is 24.6. The van der Waals surface area contributed by atoms with E-state index in [1.165, 1.54) is 7.11 Å². The number of ether oxygens (including phenoxy) is 1. The van der Waals surface area contributed by atoms with Gasteiger partial charge >= 0.3 is 5.97 Å². The number of thiophene rings is 1. The van der Waals surface area contributed by atoms with E-state index in [4.69, 9.17) is 16.3 Å². The molecular formula is C19H11ClF3NO3S. The van der Waals surface area contributed by atoms with E-state index in [2.05, 4.69) is 5.32 Å². The van der Waals surface area contributed by atoms with Gasteiger partial charge in [0.15, 0.2) is 17.5 Å². The number of methoxy groups -OCH3 is 1. The van der Waals surface area contributed by atoms with Gasteiger partial charge in [-0.05, 0) is 29.8 Å². The summed E-state index contributed by atoms with van der Waals surface area (Å²) in [7, 11) is 1.17. The molecular weight excluding hydrogens is 415 g/mol. The van der Waals surface area contributed by atoms with Crippen molar-refractivity contribution >= 4 is 39.8 Å². The maximum absolute atomic E-state index is 13.9. The predicted molar refractivity (Wildman–Crippen MR) is 100 cm³/mol. The molecule has 0 saturated heterocycles. The lowest BCUT2D eigenvalue weighted by Crippen LogP contribution is -2.16. The van der Waals surface area contributed by atoms with Gasteiger partial charge in [-0.15, -0.1) is 11.3 Å². The summed E-state index contributed by atoms with van der Waals surface area (Å²) in [6.45, 7) is 0. The number of amides is 1. The molecule has 144 valence electrons. The number of carbonyl (C=O) groups excluding carboxylic acids is 2. The molecule has 0 saturated carbocycles. The van der Waals surface area contributed by atoms with Gasteiger partial charge in [0.1, 0.15) is 10.6 Å². The number of benzene rings is 2. The third-order valence-electron chi connectivity index (χ3n) is 3.84. The van der Waals surface area contributed by atoms with E-state index >= 15 is 0 Å². The van der Waals surface area contributed by atoms with E-state index < -0.39 is 34.9 Å². The quantitative estimate of drug-likeness (QED) is 0.442. The lowest BCUT2D eigenvalue weighted by atomic mass is 10.0. The van der Waals surface area contributed by atoms with Crippen LogP contribution in [-0.4, -0.2) is 19.0 Å². The first-order valence-electron chi connectivity index (χ1n) is 7.74. The Bertz CT molecular complexity index is 1070. The third kappa shape index (κ3) is 3.74. The Balaban J connectivity index is 2.01. The molecule has 3 aromatic rings. The molecule has 1 N–H and O–H groups in total. The standard InChI is InChI=1S/C19H11ClF3NO3S/c1-27-19(26)14-12(9-2-4-10(20)5-3-9)8-28-18(14)24-17(25)11-6-7-13(21)16(23)15(11)22/h2-8H,1H3,(H,24,25). The van der Waals surface area contributed by atoms with E-state index in [0.717, 1.165) is 17.4 Å². The van der Waals surface area contributed by atoms with Gasteiger partial charge in [-0.2, -0.15) is 0 Å². The average Bonchev–Trinajstić information content (AvgIpc) is 3.09. The van der Waals surface area contributed by atoms with Crippen molar-refractivity contribution in [2.45, 2.75) is 0 Å². The summed E-state index contributed by atoms with van der Waals surface area (Å²) in [6, 6.07) is 8.07. The Morgan fingerprint density at radius 3 is 2.36 bits per heavy atom. The number of rotatable bonds is 4.